The zero-order valence-electron chi connectivity index (χ0n) is 21.3. The molecule has 0 saturated heterocycles. The minimum Gasteiger partial charge on any atom is -0.456 e. The van der Waals surface area contributed by atoms with Crippen LogP contribution >= 0.6 is 23.2 Å². The van der Waals surface area contributed by atoms with E-state index in [1.54, 1.807) is 24.3 Å². The molecule has 1 atom stereocenters. The molecule has 0 aromatic heterocycles. The molecule has 0 bridgehead atoms. The van der Waals surface area contributed by atoms with Gasteiger partial charge in [0.05, 0.1) is 27.2 Å². The maximum Gasteiger partial charge on any atom is 0.261 e. The lowest BCUT2D eigenvalue weighted by Gasteiger charge is -2.18. The Kier molecular flexibility index (Phi) is 7.98. The van der Waals surface area contributed by atoms with E-state index in [-0.39, 0.29) is 22.2 Å². The Morgan fingerprint density at radius 3 is 2.25 bits per heavy atom. The van der Waals surface area contributed by atoms with Crippen molar-refractivity contribution in [3.63, 3.8) is 0 Å². The van der Waals surface area contributed by atoms with Gasteiger partial charge in [-0.2, -0.15) is 0 Å². The number of amides is 1. The molecular weight excluding hydrogens is 567 g/mol. The molecule has 0 unspecified atom stereocenters. The van der Waals surface area contributed by atoms with Gasteiger partial charge < -0.3 is 10.1 Å². The number of sulfonamides is 1. The predicted molar refractivity (Wildman–Crippen MR) is 160 cm³/mol. The van der Waals surface area contributed by atoms with Gasteiger partial charge in [0.25, 0.3) is 15.9 Å². The van der Waals surface area contributed by atoms with Gasteiger partial charge in [0, 0.05) is 5.02 Å². The Balaban J connectivity index is 1.34. The summed E-state index contributed by atoms with van der Waals surface area (Å²) in [4.78, 5) is 13.3. The Morgan fingerprint density at radius 1 is 0.800 bits per heavy atom. The highest BCUT2D eigenvalue weighted by molar-refractivity contribution is 7.92. The lowest BCUT2D eigenvalue weighted by molar-refractivity contribution is 0.0941. The van der Waals surface area contributed by atoms with Crippen molar-refractivity contribution in [3.05, 3.63) is 130 Å². The predicted octanol–water partition coefficient (Wildman–Crippen LogP) is 8.23. The summed E-state index contributed by atoms with van der Waals surface area (Å²) in [6, 6.07) is 30.8. The maximum atomic E-state index is 13.3. The minimum atomic E-state index is -4.04. The number of carbonyl (C=O) groups is 1. The van der Waals surface area contributed by atoms with Gasteiger partial charge in [-0.1, -0.05) is 71.7 Å². The molecule has 0 aliphatic carbocycles. The average molecular weight is 592 g/mol. The molecular formula is C31H24Cl2N2O4S. The number of para-hydroxylation sites is 1. The summed E-state index contributed by atoms with van der Waals surface area (Å²) >= 11 is 12.3. The second-order valence-corrected chi connectivity index (χ2v) is 11.6. The highest BCUT2D eigenvalue weighted by atomic mass is 35.5. The van der Waals surface area contributed by atoms with Gasteiger partial charge in [0.15, 0.2) is 0 Å². The lowest BCUT2D eigenvalue weighted by atomic mass is 10.0. The summed E-state index contributed by atoms with van der Waals surface area (Å²) in [5, 5.41) is 5.83. The number of halogens is 2. The monoisotopic (exact) mass is 590 g/mol. The van der Waals surface area contributed by atoms with E-state index in [9.17, 15) is 13.2 Å². The molecule has 0 heterocycles. The van der Waals surface area contributed by atoms with Crippen LogP contribution in [0.2, 0.25) is 10.0 Å². The third kappa shape index (κ3) is 6.23. The van der Waals surface area contributed by atoms with Gasteiger partial charge in [0.1, 0.15) is 11.5 Å². The molecule has 2 N–H and O–H groups in total. The summed E-state index contributed by atoms with van der Waals surface area (Å²) in [6.07, 6.45) is 0. The van der Waals surface area contributed by atoms with E-state index in [2.05, 4.69) is 10.0 Å². The van der Waals surface area contributed by atoms with Gasteiger partial charge >= 0.3 is 0 Å². The van der Waals surface area contributed by atoms with E-state index in [4.69, 9.17) is 27.9 Å². The highest BCUT2D eigenvalue weighted by Crippen LogP contribution is 2.30. The van der Waals surface area contributed by atoms with Crippen LogP contribution in [0.5, 0.6) is 11.5 Å². The van der Waals surface area contributed by atoms with Gasteiger partial charge in [-0.25, -0.2) is 8.42 Å². The Hall–Kier alpha value is -4.04. The quantitative estimate of drug-likeness (QED) is 0.190. The van der Waals surface area contributed by atoms with Crippen molar-refractivity contribution in [3.8, 4) is 11.5 Å². The molecule has 0 saturated carbocycles. The SMILES string of the molecule is C[C@@H](NC(=O)c1cc(Cl)ccc1NS(=O)(=O)c1ccc(Oc2ccccc2Cl)cc1)c1ccc2ccccc2c1. The Bertz CT molecular complexity index is 1810. The molecule has 0 aliphatic rings. The first kappa shape index (κ1) is 27.5. The number of benzene rings is 5. The summed E-state index contributed by atoms with van der Waals surface area (Å²) < 4.78 is 34.7. The Morgan fingerprint density at radius 2 is 1.50 bits per heavy atom. The fraction of sp³-hybridized carbons (Fsp3) is 0.0645. The van der Waals surface area contributed by atoms with Gasteiger partial charge in [-0.05, 0) is 83.9 Å². The van der Waals surface area contributed by atoms with Crippen LogP contribution < -0.4 is 14.8 Å². The van der Waals surface area contributed by atoms with Crippen LogP contribution in [0.4, 0.5) is 5.69 Å². The van der Waals surface area contributed by atoms with Crippen LogP contribution in [0, 0.1) is 0 Å². The van der Waals surface area contributed by atoms with E-state index >= 15 is 0 Å². The largest absolute Gasteiger partial charge is 0.456 e. The van der Waals surface area contributed by atoms with Crippen molar-refractivity contribution < 1.29 is 17.9 Å². The summed E-state index contributed by atoms with van der Waals surface area (Å²) in [5.74, 6) is 0.401. The van der Waals surface area contributed by atoms with Gasteiger partial charge in [-0.3, -0.25) is 9.52 Å². The summed E-state index contributed by atoms with van der Waals surface area (Å²) in [6.45, 7) is 1.86. The molecule has 0 radical (unpaired) electrons. The number of ether oxygens (including phenoxy) is 1. The zero-order valence-corrected chi connectivity index (χ0v) is 23.6. The first-order valence-electron chi connectivity index (χ1n) is 12.3. The van der Waals surface area contributed by atoms with E-state index in [1.165, 1.54) is 42.5 Å². The number of rotatable bonds is 8. The topological polar surface area (TPSA) is 84.5 Å². The van der Waals surface area contributed by atoms with Crippen LogP contribution in [0.25, 0.3) is 10.8 Å². The molecule has 0 spiro atoms. The maximum absolute atomic E-state index is 13.3. The number of carbonyl (C=O) groups excluding carboxylic acids is 1. The number of hydrogen-bond acceptors (Lipinski definition) is 4. The molecule has 0 aliphatic heterocycles. The molecule has 5 aromatic rings. The van der Waals surface area contributed by atoms with Crippen molar-refractivity contribution in [2.45, 2.75) is 17.9 Å². The number of fused-ring (bicyclic) bond motifs is 1. The molecule has 40 heavy (non-hydrogen) atoms. The van der Waals surface area contributed by atoms with Crippen molar-refractivity contribution in [2.24, 2.45) is 0 Å². The van der Waals surface area contributed by atoms with Crippen LogP contribution in [0.15, 0.2) is 114 Å². The second kappa shape index (κ2) is 11.6. The second-order valence-electron chi connectivity index (χ2n) is 9.10. The minimum absolute atomic E-state index is 0.00940. The normalized spacial score (nSPS) is 12.1. The molecule has 5 rings (SSSR count). The van der Waals surface area contributed by atoms with Crippen molar-refractivity contribution in [1.29, 1.82) is 0 Å². The van der Waals surface area contributed by atoms with Crippen molar-refractivity contribution in [1.82, 2.24) is 5.32 Å². The fourth-order valence-corrected chi connectivity index (χ4v) is 5.60. The Labute approximate surface area is 242 Å². The molecule has 0 fully saturated rings. The zero-order chi connectivity index (χ0) is 28.3. The van der Waals surface area contributed by atoms with E-state index in [0.29, 0.717) is 21.5 Å². The molecule has 9 heteroatoms. The lowest BCUT2D eigenvalue weighted by Crippen LogP contribution is -2.28. The van der Waals surface area contributed by atoms with Crippen LogP contribution in [0.1, 0.15) is 28.9 Å². The van der Waals surface area contributed by atoms with E-state index in [0.717, 1.165) is 16.3 Å². The van der Waals surface area contributed by atoms with Crippen molar-refractivity contribution in [2.75, 3.05) is 4.72 Å². The number of nitrogens with one attached hydrogen (secondary N) is 2. The van der Waals surface area contributed by atoms with E-state index < -0.39 is 15.9 Å². The smallest absolute Gasteiger partial charge is 0.261 e. The highest BCUT2D eigenvalue weighted by Gasteiger charge is 2.21. The van der Waals surface area contributed by atoms with Crippen LogP contribution in [0.3, 0.4) is 0 Å². The average Bonchev–Trinajstić information content (AvgIpc) is 2.95. The fourth-order valence-electron chi connectivity index (χ4n) is 4.17. The van der Waals surface area contributed by atoms with Crippen LogP contribution in [-0.2, 0) is 10.0 Å². The number of anilines is 1. The number of hydrogen-bond donors (Lipinski definition) is 2. The van der Waals surface area contributed by atoms with Gasteiger partial charge in [-0.15, -0.1) is 0 Å². The molecule has 1 amide bonds. The molecule has 6 nitrogen and oxygen atoms in total. The standard InChI is InChI=1S/C31H24Cl2N2O4S/c1-20(22-11-10-21-6-2-3-7-23(21)18-22)34-31(36)27-19-24(32)12-17-29(27)35-40(37,38)26-15-13-25(14-16-26)39-30-9-5-4-8-28(30)33/h2-20,35H,1H3,(H,34,36)/t20-/m1/s1. The summed E-state index contributed by atoms with van der Waals surface area (Å²) in [7, 11) is -4.04. The third-order valence-corrected chi connectivity index (χ3v) is 8.22. The summed E-state index contributed by atoms with van der Waals surface area (Å²) in [5.41, 5.74) is 1.11. The first-order chi connectivity index (χ1) is 19.2. The molecule has 5 aromatic carbocycles. The molecule has 202 valence electrons. The van der Waals surface area contributed by atoms with E-state index in [1.807, 2.05) is 49.4 Å². The van der Waals surface area contributed by atoms with Crippen LogP contribution in [-0.4, -0.2) is 14.3 Å². The van der Waals surface area contributed by atoms with Crippen molar-refractivity contribution >= 4 is 55.6 Å². The van der Waals surface area contributed by atoms with Gasteiger partial charge in [0.2, 0.25) is 0 Å². The first-order valence-corrected chi connectivity index (χ1v) is 14.6. The third-order valence-electron chi connectivity index (χ3n) is 6.29.